The van der Waals surface area contributed by atoms with E-state index in [-0.39, 0.29) is 0 Å². The number of halogens is 2. The first-order valence-electron chi connectivity index (χ1n) is 4.98. The smallest absolute Gasteiger partial charge is 0.153 e. The van der Waals surface area contributed by atoms with E-state index >= 15 is 0 Å². The van der Waals surface area contributed by atoms with Crippen molar-refractivity contribution in [3.8, 4) is 6.07 Å². The summed E-state index contributed by atoms with van der Waals surface area (Å²) in [5.74, 6) is 0.493. The van der Waals surface area contributed by atoms with E-state index in [9.17, 15) is 0 Å². The number of benzene rings is 1. The summed E-state index contributed by atoms with van der Waals surface area (Å²) in [6, 6.07) is 8.96. The summed E-state index contributed by atoms with van der Waals surface area (Å²) in [7, 11) is 0. The second-order valence-corrected chi connectivity index (χ2v) is 4.79. The highest BCUT2D eigenvalue weighted by Gasteiger charge is 2.04. The van der Waals surface area contributed by atoms with Crippen molar-refractivity contribution >= 4 is 44.7 Å². The van der Waals surface area contributed by atoms with Gasteiger partial charge in [-0.15, -0.1) is 0 Å². The number of hydrogen-bond donors (Lipinski definition) is 2. The summed E-state index contributed by atoms with van der Waals surface area (Å²) in [6.45, 7) is 0. The van der Waals surface area contributed by atoms with Gasteiger partial charge in [0.05, 0.1) is 16.3 Å². The third kappa shape index (κ3) is 2.73. The molecule has 1 heterocycles. The third-order valence-corrected chi connectivity index (χ3v) is 3.46. The molecule has 90 valence electrons. The SMILES string of the molecule is N#Cc1cnc(Nc2ccc(Br)c(Cl)c2)c(N)c1. The number of rotatable bonds is 2. The minimum Gasteiger partial charge on any atom is -0.396 e. The second kappa shape index (κ2) is 5.25. The molecule has 0 unspecified atom stereocenters. The largest absolute Gasteiger partial charge is 0.396 e. The second-order valence-electron chi connectivity index (χ2n) is 3.53. The molecule has 0 bridgehead atoms. The number of aromatic nitrogens is 1. The maximum absolute atomic E-state index is 8.72. The van der Waals surface area contributed by atoms with Crippen LogP contribution >= 0.6 is 27.5 Å². The van der Waals surface area contributed by atoms with Crippen molar-refractivity contribution in [3.05, 3.63) is 45.5 Å². The molecule has 0 saturated heterocycles. The van der Waals surface area contributed by atoms with Crippen molar-refractivity contribution in [2.45, 2.75) is 0 Å². The molecule has 0 radical (unpaired) electrons. The van der Waals surface area contributed by atoms with Crippen molar-refractivity contribution in [3.63, 3.8) is 0 Å². The first-order chi connectivity index (χ1) is 8.60. The monoisotopic (exact) mass is 322 g/mol. The van der Waals surface area contributed by atoms with Crippen LogP contribution in [0.3, 0.4) is 0 Å². The first-order valence-corrected chi connectivity index (χ1v) is 6.15. The number of nitrogens with zero attached hydrogens (tertiary/aromatic N) is 2. The zero-order valence-electron chi connectivity index (χ0n) is 9.11. The fourth-order valence-corrected chi connectivity index (χ4v) is 1.79. The molecule has 0 aliphatic carbocycles. The molecule has 3 N–H and O–H groups in total. The Balaban J connectivity index is 2.29. The lowest BCUT2D eigenvalue weighted by atomic mass is 10.2. The van der Waals surface area contributed by atoms with Crippen molar-refractivity contribution in [2.24, 2.45) is 0 Å². The summed E-state index contributed by atoms with van der Waals surface area (Å²) >= 11 is 9.30. The molecule has 0 atom stereocenters. The normalized spacial score (nSPS) is 9.83. The Morgan fingerprint density at radius 2 is 2.17 bits per heavy atom. The van der Waals surface area contributed by atoms with Gasteiger partial charge >= 0.3 is 0 Å². The minimum atomic E-state index is 0.410. The van der Waals surface area contributed by atoms with Crippen molar-refractivity contribution < 1.29 is 0 Å². The lowest BCUT2D eigenvalue weighted by Gasteiger charge is -2.09. The molecule has 4 nitrogen and oxygen atoms in total. The quantitative estimate of drug-likeness (QED) is 0.883. The molecule has 0 saturated carbocycles. The van der Waals surface area contributed by atoms with Crippen LogP contribution in [0.25, 0.3) is 0 Å². The predicted molar refractivity (Wildman–Crippen MR) is 75.8 cm³/mol. The fraction of sp³-hybridized carbons (Fsp3) is 0. The van der Waals surface area contributed by atoms with Gasteiger partial charge in [0.25, 0.3) is 0 Å². The van der Waals surface area contributed by atoms with Gasteiger partial charge in [-0.25, -0.2) is 4.98 Å². The van der Waals surface area contributed by atoms with E-state index in [1.807, 2.05) is 18.2 Å². The van der Waals surface area contributed by atoms with Gasteiger partial charge < -0.3 is 11.1 Å². The Labute approximate surface area is 118 Å². The molecule has 0 spiro atoms. The van der Waals surface area contributed by atoms with E-state index in [4.69, 9.17) is 22.6 Å². The van der Waals surface area contributed by atoms with Crippen LogP contribution in [0.5, 0.6) is 0 Å². The molecular weight excluding hydrogens is 316 g/mol. The van der Waals surface area contributed by atoms with Gasteiger partial charge in [0.15, 0.2) is 5.82 Å². The van der Waals surface area contributed by atoms with Crippen LogP contribution in [0.1, 0.15) is 5.56 Å². The van der Waals surface area contributed by atoms with Crippen LogP contribution < -0.4 is 11.1 Å². The molecule has 0 fully saturated rings. The summed E-state index contributed by atoms with van der Waals surface area (Å²) in [4.78, 5) is 4.08. The fourth-order valence-electron chi connectivity index (χ4n) is 1.36. The Morgan fingerprint density at radius 1 is 1.39 bits per heavy atom. The lowest BCUT2D eigenvalue weighted by Crippen LogP contribution is -1.99. The van der Waals surface area contributed by atoms with Crippen LogP contribution in [-0.4, -0.2) is 4.98 Å². The van der Waals surface area contributed by atoms with Gasteiger partial charge in [0, 0.05) is 16.4 Å². The molecular formula is C12H8BrClN4. The number of pyridine rings is 1. The van der Waals surface area contributed by atoms with E-state index in [1.165, 1.54) is 6.20 Å². The Bertz CT molecular complexity index is 636. The van der Waals surface area contributed by atoms with Crippen LogP contribution in [0.4, 0.5) is 17.2 Å². The number of nitriles is 1. The zero-order chi connectivity index (χ0) is 13.1. The molecule has 0 aliphatic rings. The Morgan fingerprint density at radius 3 is 2.78 bits per heavy atom. The minimum absolute atomic E-state index is 0.410. The van der Waals surface area contributed by atoms with Gasteiger partial charge in [0.1, 0.15) is 6.07 Å². The van der Waals surface area contributed by atoms with E-state index in [0.717, 1.165) is 10.2 Å². The maximum atomic E-state index is 8.72. The van der Waals surface area contributed by atoms with Crippen molar-refractivity contribution in [2.75, 3.05) is 11.1 Å². The molecule has 1 aromatic heterocycles. The molecule has 2 aromatic rings. The summed E-state index contributed by atoms with van der Waals surface area (Å²) in [5, 5.41) is 12.4. The molecule has 1 aromatic carbocycles. The topological polar surface area (TPSA) is 74.7 Å². The predicted octanol–water partition coefficient (Wildman–Crippen LogP) is 3.69. The van der Waals surface area contributed by atoms with Crippen LogP contribution in [0.2, 0.25) is 5.02 Å². The Kier molecular flexibility index (Phi) is 3.70. The maximum Gasteiger partial charge on any atom is 0.153 e. The van der Waals surface area contributed by atoms with Crippen molar-refractivity contribution in [1.29, 1.82) is 5.26 Å². The first kappa shape index (κ1) is 12.7. The van der Waals surface area contributed by atoms with Gasteiger partial charge in [0.2, 0.25) is 0 Å². The molecule has 2 rings (SSSR count). The number of anilines is 3. The van der Waals surface area contributed by atoms with E-state index in [2.05, 4.69) is 26.2 Å². The van der Waals surface area contributed by atoms with E-state index in [1.54, 1.807) is 12.1 Å². The number of nitrogen functional groups attached to an aromatic ring is 1. The highest BCUT2D eigenvalue weighted by molar-refractivity contribution is 9.10. The molecule has 0 aliphatic heterocycles. The van der Waals surface area contributed by atoms with Gasteiger partial charge in [-0.1, -0.05) is 11.6 Å². The molecule has 6 heteroatoms. The summed E-state index contributed by atoms with van der Waals surface area (Å²) in [5.41, 5.74) is 7.40. The summed E-state index contributed by atoms with van der Waals surface area (Å²) < 4.78 is 0.815. The zero-order valence-corrected chi connectivity index (χ0v) is 11.5. The van der Waals surface area contributed by atoms with Gasteiger partial charge in [-0.3, -0.25) is 0 Å². The molecule has 0 amide bonds. The number of hydrogen-bond acceptors (Lipinski definition) is 4. The van der Waals surface area contributed by atoms with E-state index < -0.39 is 0 Å². The van der Waals surface area contributed by atoms with Crippen LogP contribution in [-0.2, 0) is 0 Å². The van der Waals surface area contributed by atoms with Crippen LogP contribution in [0.15, 0.2) is 34.9 Å². The number of nitrogens with two attached hydrogens (primary N) is 1. The third-order valence-electron chi connectivity index (χ3n) is 2.23. The average molecular weight is 324 g/mol. The van der Waals surface area contributed by atoms with Crippen molar-refractivity contribution in [1.82, 2.24) is 4.98 Å². The Hall–Kier alpha value is -1.77. The lowest BCUT2D eigenvalue weighted by molar-refractivity contribution is 1.29. The molecule has 18 heavy (non-hydrogen) atoms. The highest BCUT2D eigenvalue weighted by atomic mass is 79.9. The van der Waals surface area contributed by atoms with E-state index in [0.29, 0.717) is 22.1 Å². The number of nitrogens with one attached hydrogen (secondary N) is 1. The summed E-state index contributed by atoms with van der Waals surface area (Å²) in [6.07, 6.45) is 1.46. The highest BCUT2D eigenvalue weighted by Crippen LogP contribution is 2.28. The van der Waals surface area contributed by atoms with Gasteiger partial charge in [-0.2, -0.15) is 5.26 Å². The standard InChI is InChI=1S/C12H8BrClN4/c13-9-2-1-8(4-10(9)14)18-12-11(16)3-7(5-15)6-17-12/h1-4,6H,16H2,(H,17,18). The average Bonchev–Trinajstić information content (AvgIpc) is 2.36. The van der Waals surface area contributed by atoms with Crippen LogP contribution in [0, 0.1) is 11.3 Å². The van der Waals surface area contributed by atoms with Gasteiger partial charge in [-0.05, 0) is 40.2 Å².